The topological polar surface area (TPSA) is 75.0 Å². The second-order valence-electron chi connectivity index (χ2n) is 7.58. The van der Waals surface area contributed by atoms with Gasteiger partial charge in [-0.25, -0.2) is 4.98 Å². The first kappa shape index (κ1) is 26.3. The molecule has 1 aromatic heterocycles. The average Bonchev–Trinajstić information content (AvgIpc) is 2.81. The average molecular weight is 478 g/mol. The summed E-state index contributed by atoms with van der Waals surface area (Å²) in [6.07, 6.45) is 0.859. The van der Waals surface area contributed by atoms with E-state index in [1.54, 1.807) is 45.1 Å². The highest BCUT2D eigenvalue weighted by molar-refractivity contribution is 5.85. The second-order valence-corrected chi connectivity index (χ2v) is 7.58. The van der Waals surface area contributed by atoms with Crippen LogP contribution in [0.2, 0.25) is 0 Å². The summed E-state index contributed by atoms with van der Waals surface area (Å²) in [6.45, 7) is 3.95. The first-order chi connectivity index (χ1) is 15.4. The fourth-order valence-electron chi connectivity index (χ4n) is 3.66. The Balaban J connectivity index is 0.00000385. The maximum Gasteiger partial charge on any atom is 0.261 e. The highest BCUT2D eigenvalue weighted by atomic mass is 35.5. The summed E-state index contributed by atoms with van der Waals surface area (Å²) in [5.74, 6) is 3.19. The van der Waals surface area contributed by atoms with Crippen molar-refractivity contribution in [2.75, 3.05) is 48.6 Å². The highest BCUT2D eigenvalue weighted by Gasteiger charge is 2.14. The maximum absolute atomic E-state index is 13.1. The Hall–Kier alpha value is -2.97. The number of methoxy groups -OCH3 is 4. The molecule has 8 nitrogen and oxygen atoms in total. The zero-order chi connectivity index (χ0) is 23.3. The molecular formula is C24H32ClN3O5. The van der Waals surface area contributed by atoms with E-state index in [9.17, 15) is 4.79 Å². The van der Waals surface area contributed by atoms with Crippen LogP contribution in [0.15, 0.2) is 35.1 Å². The van der Waals surface area contributed by atoms with Gasteiger partial charge in [0.1, 0.15) is 5.82 Å². The molecule has 3 rings (SSSR count). The predicted octanol–water partition coefficient (Wildman–Crippen LogP) is 3.34. The summed E-state index contributed by atoms with van der Waals surface area (Å²) in [5, 5.41) is 0.515. The van der Waals surface area contributed by atoms with Crippen LogP contribution < -0.4 is 24.5 Å². The van der Waals surface area contributed by atoms with Crippen molar-refractivity contribution in [3.8, 4) is 23.0 Å². The molecule has 0 spiro atoms. The van der Waals surface area contributed by atoms with E-state index in [0.29, 0.717) is 41.3 Å². The number of halogens is 1. The van der Waals surface area contributed by atoms with Crippen LogP contribution in [0.1, 0.15) is 11.4 Å². The van der Waals surface area contributed by atoms with Crippen molar-refractivity contribution in [1.29, 1.82) is 0 Å². The van der Waals surface area contributed by atoms with Crippen molar-refractivity contribution in [2.45, 2.75) is 19.9 Å². The molecule has 0 bridgehead atoms. The Morgan fingerprint density at radius 2 is 1.48 bits per heavy atom. The Morgan fingerprint density at radius 3 is 2.12 bits per heavy atom. The molecule has 0 radical (unpaired) electrons. The van der Waals surface area contributed by atoms with Gasteiger partial charge >= 0.3 is 0 Å². The van der Waals surface area contributed by atoms with Crippen LogP contribution in [0.5, 0.6) is 23.0 Å². The third-order valence-electron chi connectivity index (χ3n) is 5.59. The zero-order valence-electron chi connectivity index (χ0n) is 20.0. The standard InChI is InChI=1S/C24H31N3O5.ClH/c1-16-25-19-15-23(32-6)22(31-5)14-18(19)24(28)27(16)12-11-26(2)10-9-17-7-8-20(29-3)21(13-17)30-4;/h7-8,13-15H,9-12H2,1-6H3;1H. The number of fused-ring (bicyclic) bond motifs is 1. The van der Waals surface area contributed by atoms with Gasteiger partial charge in [0.25, 0.3) is 5.56 Å². The minimum atomic E-state index is -0.0817. The Kier molecular flexibility index (Phi) is 9.37. The summed E-state index contributed by atoms with van der Waals surface area (Å²) in [7, 11) is 8.43. The van der Waals surface area contributed by atoms with E-state index >= 15 is 0 Å². The molecule has 0 saturated heterocycles. The van der Waals surface area contributed by atoms with Crippen molar-refractivity contribution in [1.82, 2.24) is 14.5 Å². The first-order valence-electron chi connectivity index (χ1n) is 10.4. The van der Waals surface area contributed by atoms with Gasteiger partial charge in [-0.3, -0.25) is 9.36 Å². The normalized spacial score (nSPS) is 10.8. The third-order valence-corrected chi connectivity index (χ3v) is 5.59. The van der Waals surface area contributed by atoms with Gasteiger partial charge in [0.05, 0.1) is 39.3 Å². The van der Waals surface area contributed by atoms with Gasteiger partial charge in [-0.05, 0) is 44.2 Å². The smallest absolute Gasteiger partial charge is 0.261 e. The van der Waals surface area contributed by atoms with Crippen LogP contribution in [-0.2, 0) is 13.0 Å². The number of ether oxygens (including phenoxy) is 4. The van der Waals surface area contributed by atoms with Gasteiger partial charge in [-0.2, -0.15) is 0 Å². The molecule has 2 aromatic carbocycles. The van der Waals surface area contributed by atoms with E-state index in [1.807, 2.05) is 32.2 Å². The van der Waals surface area contributed by atoms with Crippen molar-refractivity contribution in [3.05, 3.63) is 52.1 Å². The maximum atomic E-state index is 13.1. The number of rotatable bonds is 10. The van der Waals surface area contributed by atoms with Gasteiger partial charge in [0.15, 0.2) is 23.0 Å². The molecule has 1 heterocycles. The van der Waals surface area contributed by atoms with E-state index < -0.39 is 0 Å². The molecule has 0 atom stereocenters. The van der Waals surface area contributed by atoms with E-state index in [4.69, 9.17) is 18.9 Å². The quantitative estimate of drug-likeness (QED) is 0.443. The first-order valence-corrected chi connectivity index (χ1v) is 10.4. The summed E-state index contributed by atoms with van der Waals surface area (Å²) in [6, 6.07) is 9.39. The van der Waals surface area contributed by atoms with E-state index in [-0.39, 0.29) is 18.0 Å². The molecular weight excluding hydrogens is 446 g/mol. The van der Waals surface area contributed by atoms with Crippen LogP contribution in [-0.4, -0.2) is 63.0 Å². The van der Waals surface area contributed by atoms with Crippen molar-refractivity contribution >= 4 is 23.3 Å². The monoisotopic (exact) mass is 477 g/mol. The second kappa shape index (κ2) is 11.8. The molecule has 0 aliphatic rings. The number of benzene rings is 2. The van der Waals surface area contributed by atoms with Gasteiger partial charge in [0, 0.05) is 25.7 Å². The molecule has 0 N–H and O–H groups in total. The summed E-state index contributed by atoms with van der Waals surface area (Å²) in [5.41, 5.74) is 1.68. The van der Waals surface area contributed by atoms with Crippen molar-refractivity contribution in [3.63, 3.8) is 0 Å². The summed E-state index contributed by atoms with van der Waals surface area (Å²) < 4.78 is 23.1. The van der Waals surface area contributed by atoms with Crippen LogP contribution in [0.25, 0.3) is 10.9 Å². The van der Waals surface area contributed by atoms with E-state index in [1.165, 1.54) is 0 Å². The lowest BCUT2D eigenvalue weighted by Crippen LogP contribution is -2.31. The lowest BCUT2D eigenvalue weighted by molar-refractivity contribution is 0.318. The lowest BCUT2D eigenvalue weighted by atomic mass is 10.1. The SMILES string of the molecule is COc1ccc(CCN(C)CCn2c(C)nc3cc(OC)c(OC)cc3c2=O)cc1OC.Cl. The Bertz CT molecular complexity index is 1150. The van der Waals surface area contributed by atoms with Crippen molar-refractivity contribution in [2.24, 2.45) is 0 Å². The third kappa shape index (κ3) is 5.89. The molecule has 9 heteroatoms. The number of aryl methyl sites for hydroxylation is 1. The van der Waals surface area contributed by atoms with Crippen LogP contribution in [0, 0.1) is 6.92 Å². The minimum absolute atomic E-state index is 0. The van der Waals surface area contributed by atoms with E-state index in [0.717, 1.165) is 30.0 Å². The number of aromatic nitrogens is 2. The summed E-state index contributed by atoms with van der Waals surface area (Å²) in [4.78, 5) is 19.9. The molecule has 33 heavy (non-hydrogen) atoms. The van der Waals surface area contributed by atoms with Crippen LogP contribution in [0.4, 0.5) is 0 Å². The molecule has 180 valence electrons. The molecule has 3 aromatic rings. The minimum Gasteiger partial charge on any atom is -0.493 e. The predicted molar refractivity (Wildman–Crippen MR) is 132 cm³/mol. The Labute approximate surface area is 200 Å². The van der Waals surface area contributed by atoms with Gasteiger partial charge in [0.2, 0.25) is 0 Å². The largest absolute Gasteiger partial charge is 0.493 e. The molecule has 0 aliphatic carbocycles. The van der Waals surface area contributed by atoms with Gasteiger partial charge in [-0.15, -0.1) is 12.4 Å². The highest BCUT2D eigenvalue weighted by Crippen LogP contribution is 2.30. The number of hydrogen-bond donors (Lipinski definition) is 0. The van der Waals surface area contributed by atoms with Crippen LogP contribution in [0.3, 0.4) is 0 Å². The summed E-state index contributed by atoms with van der Waals surface area (Å²) >= 11 is 0. The fourth-order valence-corrected chi connectivity index (χ4v) is 3.66. The van der Waals surface area contributed by atoms with E-state index in [2.05, 4.69) is 9.88 Å². The van der Waals surface area contributed by atoms with Gasteiger partial charge in [-0.1, -0.05) is 6.07 Å². The number of hydrogen-bond acceptors (Lipinski definition) is 7. The molecule has 0 fully saturated rings. The van der Waals surface area contributed by atoms with Crippen LogP contribution >= 0.6 is 12.4 Å². The zero-order valence-corrected chi connectivity index (χ0v) is 20.8. The molecule has 0 saturated carbocycles. The lowest BCUT2D eigenvalue weighted by Gasteiger charge is -2.19. The van der Waals surface area contributed by atoms with Gasteiger partial charge < -0.3 is 23.8 Å². The molecule has 0 aliphatic heterocycles. The number of likely N-dealkylation sites (N-methyl/N-ethyl adjacent to an activating group) is 1. The number of nitrogens with zero attached hydrogens (tertiary/aromatic N) is 3. The fraction of sp³-hybridized carbons (Fsp3) is 0.417. The molecule has 0 amide bonds. The van der Waals surface area contributed by atoms with Crippen molar-refractivity contribution < 1.29 is 18.9 Å². The Morgan fingerprint density at radius 1 is 0.879 bits per heavy atom. The molecule has 0 unspecified atom stereocenters.